The predicted molar refractivity (Wildman–Crippen MR) is 67.7 cm³/mol. The maximum atomic E-state index is 11.3. The van der Waals surface area contributed by atoms with Crippen LogP contribution in [0.5, 0.6) is 0 Å². The fourth-order valence-electron chi connectivity index (χ4n) is 2.11. The summed E-state index contributed by atoms with van der Waals surface area (Å²) in [6, 6.07) is 0.532. The number of nitrogens with one attached hydrogen (secondary N) is 1. The largest absolute Gasteiger partial charge is 0.380 e. The summed E-state index contributed by atoms with van der Waals surface area (Å²) in [5.41, 5.74) is 4.80. The van der Waals surface area contributed by atoms with Gasteiger partial charge in [-0.2, -0.15) is 0 Å². The number of carbonyl (C=O) groups is 1. The van der Waals surface area contributed by atoms with E-state index >= 15 is 0 Å². The molecular weight excluding hydrogens is 218 g/mol. The van der Waals surface area contributed by atoms with Crippen LogP contribution >= 0.6 is 0 Å². The maximum absolute atomic E-state index is 11.3. The van der Waals surface area contributed by atoms with Crippen molar-refractivity contribution in [2.24, 2.45) is 5.73 Å². The van der Waals surface area contributed by atoms with Crippen LogP contribution < -0.4 is 11.1 Å². The Hall–Kier alpha value is -0.650. The van der Waals surface area contributed by atoms with Crippen molar-refractivity contribution in [2.75, 3.05) is 33.9 Å². The molecule has 5 nitrogen and oxygen atoms in total. The minimum Gasteiger partial charge on any atom is -0.380 e. The van der Waals surface area contributed by atoms with E-state index in [2.05, 4.69) is 17.3 Å². The summed E-state index contributed by atoms with van der Waals surface area (Å²) < 4.78 is 5.36. The normalized spacial score (nSPS) is 23.9. The molecular formula is C12H25N3O2. The SMILES string of the molecule is CNC(C)(CCCN(C)C1CCOC1)C(N)=O. The Morgan fingerprint density at radius 1 is 1.65 bits per heavy atom. The molecule has 0 aromatic heterocycles. The molecule has 1 aliphatic rings. The number of nitrogens with zero attached hydrogens (tertiary/aromatic N) is 1. The van der Waals surface area contributed by atoms with Crippen LogP contribution in [0, 0.1) is 0 Å². The van der Waals surface area contributed by atoms with Crippen molar-refractivity contribution in [1.29, 1.82) is 0 Å². The van der Waals surface area contributed by atoms with Crippen molar-refractivity contribution in [3.63, 3.8) is 0 Å². The van der Waals surface area contributed by atoms with E-state index in [9.17, 15) is 4.79 Å². The highest BCUT2D eigenvalue weighted by atomic mass is 16.5. The third-order valence-electron chi connectivity index (χ3n) is 3.81. The minimum atomic E-state index is -0.590. The zero-order valence-corrected chi connectivity index (χ0v) is 11.2. The van der Waals surface area contributed by atoms with E-state index in [1.807, 2.05) is 6.92 Å². The Kier molecular flexibility index (Phi) is 5.36. The van der Waals surface area contributed by atoms with E-state index in [1.165, 1.54) is 0 Å². The number of hydrogen-bond acceptors (Lipinski definition) is 4. The molecule has 100 valence electrons. The van der Waals surface area contributed by atoms with Gasteiger partial charge >= 0.3 is 0 Å². The standard InChI is InChI=1S/C12H25N3O2/c1-12(14-2,11(13)16)6-4-7-15(3)10-5-8-17-9-10/h10,14H,4-9H2,1-3H3,(H2,13,16). The van der Waals surface area contributed by atoms with E-state index in [4.69, 9.17) is 10.5 Å². The molecule has 1 heterocycles. The Morgan fingerprint density at radius 2 is 2.35 bits per heavy atom. The molecule has 0 aromatic rings. The Bertz CT molecular complexity index is 254. The summed E-state index contributed by atoms with van der Waals surface area (Å²) in [5, 5.41) is 3.00. The highest BCUT2D eigenvalue weighted by Gasteiger charge is 2.28. The van der Waals surface area contributed by atoms with E-state index in [0.717, 1.165) is 39.0 Å². The molecule has 0 bridgehead atoms. The monoisotopic (exact) mass is 243 g/mol. The van der Waals surface area contributed by atoms with Crippen molar-refractivity contribution in [3.05, 3.63) is 0 Å². The first-order valence-electron chi connectivity index (χ1n) is 6.26. The first-order valence-corrected chi connectivity index (χ1v) is 6.26. The average Bonchev–Trinajstić information content (AvgIpc) is 2.81. The lowest BCUT2D eigenvalue weighted by Crippen LogP contribution is -2.51. The number of amides is 1. The number of ether oxygens (including phenoxy) is 1. The first-order chi connectivity index (χ1) is 7.99. The molecule has 1 fully saturated rings. The Morgan fingerprint density at radius 3 is 2.82 bits per heavy atom. The average molecular weight is 243 g/mol. The number of likely N-dealkylation sites (N-methyl/N-ethyl adjacent to an activating group) is 2. The van der Waals surface area contributed by atoms with E-state index in [1.54, 1.807) is 7.05 Å². The third kappa shape index (κ3) is 3.94. The van der Waals surface area contributed by atoms with Crippen molar-refractivity contribution >= 4 is 5.91 Å². The number of carbonyl (C=O) groups excluding carboxylic acids is 1. The topological polar surface area (TPSA) is 67.6 Å². The fourth-order valence-corrected chi connectivity index (χ4v) is 2.11. The predicted octanol–water partition coefficient (Wildman–Crippen LogP) is -0.0493. The van der Waals surface area contributed by atoms with Crippen molar-refractivity contribution in [3.8, 4) is 0 Å². The van der Waals surface area contributed by atoms with Gasteiger partial charge in [0.25, 0.3) is 0 Å². The second-order valence-corrected chi connectivity index (χ2v) is 5.05. The molecule has 1 rings (SSSR count). The zero-order chi connectivity index (χ0) is 12.9. The van der Waals surface area contributed by atoms with Crippen LogP contribution in [0.3, 0.4) is 0 Å². The van der Waals surface area contributed by atoms with Crippen LogP contribution in [-0.2, 0) is 9.53 Å². The summed E-state index contributed by atoms with van der Waals surface area (Å²) in [6.07, 6.45) is 2.82. The van der Waals surface area contributed by atoms with E-state index < -0.39 is 5.54 Å². The van der Waals surface area contributed by atoms with Gasteiger partial charge in [-0.05, 0) is 46.8 Å². The number of rotatable bonds is 7. The second kappa shape index (κ2) is 6.33. The molecule has 2 atom stereocenters. The van der Waals surface area contributed by atoms with Crippen molar-refractivity contribution < 1.29 is 9.53 Å². The van der Waals surface area contributed by atoms with Crippen molar-refractivity contribution in [1.82, 2.24) is 10.2 Å². The molecule has 1 aliphatic heterocycles. The molecule has 1 saturated heterocycles. The van der Waals surface area contributed by atoms with Crippen LogP contribution in [-0.4, -0.2) is 56.2 Å². The van der Waals surface area contributed by atoms with E-state index in [-0.39, 0.29) is 5.91 Å². The van der Waals surface area contributed by atoms with Gasteiger partial charge in [0.1, 0.15) is 0 Å². The molecule has 0 aromatic carbocycles. The summed E-state index contributed by atoms with van der Waals surface area (Å²) in [4.78, 5) is 13.6. The number of primary amides is 1. The van der Waals surface area contributed by atoms with Gasteiger partial charge in [-0.1, -0.05) is 0 Å². The van der Waals surface area contributed by atoms with Gasteiger partial charge in [0.2, 0.25) is 5.91 Å². The quantitative estimate of drug-likeness (QED) is 0.658. The van der Waals surface area contributed by atoms with Gasteiger partial charge in [0.15, 0.2) is 0 Å². The van der Waals surface area contributed by atoms with Gasteiger partial charge in [0.05, 0.1) is 12.1 Å². The molecule has 3 N–H and O–H groups in total. The van der Waals surface area contributed by atoms with Gasteiger partial charge in [0, 0.05) is 12.6 Å². The van der Waals surface area contributed by atoms with Gasteiger partial charge < -0.3 is 20.7 Å². The van der Waals surface area contributed by atoms with Gasteiger partial charge in [-0.3, -0.25) is 4.79 Å². The Balaban J connectivity index is 2.28. The number of hydrogen-bond donors (Lipinski definition) is 2. The van der Waals surface area contributed by atoms with Crippen LogP contribution in [0.15, 0.2) is 0 Å². The van der Waals surface area contributed by atoms with Gasteiger partial charge in [-0.15, -0.1) is 0 Å². The lowest BCUT2D eigenvalue weighted by atomic mass is 9.95. The molecule has 5 heteroatoms. The maximum Gasteiger partial charge on any atom is 0.237 e. The van der Waals surface area contributed by atoms with Crippen LogP contribution in [0.2, 0.25) is 0 Å². The highest BCUT2D eigenvalue weighted by molar-refractivity contribution is 5.84. The summed E-state index contributed by atoms with van der Waals surface area (Å²) in [7, 11) is 3.89. The van der Waals surface area contributed by atoms with Crippen LogP contribution in [0.4, 0.5) is 0 Å². The Labute approximate surface area is 104 Å². The molecule has 17 heavy (non-hydrogen) atoms. The fraction of sp³-hybridized carbons (Fsp3) is 0.917. The minimum absolute atomic E-state index is 0.285. The van der Waals surface area contributed by atoms with Gasteiger partial charge in [-0.25, -0.2) is 0 Å². The van der Waals surface area contributed by atoms with Crippen LogP contribution in [0.1, 0.15) is 26.2 Å². The second-order valence-electron chi connectivity index (χ2n) is 5.05. The lowest BCUT2D eigenvalue weighted by Gasteiger charge is -2.28. The van der Waals surface area contributed by atoms with Crippen LogP contribution in [0.25, 0.3) is 0 Å². The smallest absolute Gasteiger partial charge is 0.237 e. The lowest BCUT2D eigenvalue weighted by molar-refractivity contribution is -0.123. The van der Waals surface area contributed by atoms with E-state index in [0.29, 0.717) is 6.04 Å². The summed E-state index contributed by atoms with van der Waals surface area (Å²) >= 11 is 0. The molecule has 0 spiro atoms. The molecule has 0 saturated carbocycles. The molecule has 0 aliphatic carbocycles. The molecule has 2 unspecified atom stereocenters. The van der Waals surface area contributed by atoms with Crippen molar-refractivity contribution in [2.45, 2.75) is 37.8 Å². The highest BCUT2D eigenvalue weighted by Crippen LogP contribution is 2.15. The molecule has 0 radical (unpaired) electrons. The third-order valence-corrected chi connectivity index (χ3v) is 3.81. The molecule has 1 amide bonds. The zero-order valence-electron chi connectivity index (χ0n) is 11.2. The number of nitrogens with two attached hydrogens (primary N) is 1. The summed E-state index contributed by atoms with van der Waals surface area (Å²) in [5.74, 6) is -0.285. The summed E-state index contributed by atoms with van der Waals surface area (Å²) in [6.45, 7) is 4.52. The first kappa shape index (κ1) is 14.4.